The molecule has 0 aliphatic heterocycles. The van der Waals surface area contributed by atoms with Crippen molar-refractivity contribution in [2.75, 3.05) is 32.0 Å². The largest absolute Gasteiger partial charge is 0.481 e. The van der Waals surface area contributed by atoms with Crippen LogP contribution in [0.4, 0.5) is 10.5 Å². The van der Waals surface area contributed by atoms with Crippen LogP contribution >= 0.6 is 0 Å². The number of nitrogens with zero attached hydrogens (tertiary/aromatic N) is 2. The molecule has 0 bridgehead atoms. The van der Waals surface area contributed by atoms with Gasteiger partial charge >= 0.3 is 12.0 Å². The van der Waals surface area contributed by atoms with Gasteiger partial charge in [0.1, 0.15) is 0 Å². The first-order valence-electron chi connectivity index (χ1n) is 6.41. The fraction of sp³-hybridized carbons (Fsp3) is 0.462. The van der Waals surface area contributed by atoms with Crippen molar-refractivity contribution in [3.63, 3.8) is 0 Å². The number of hydrogen-bond donors (Lipinski definition) is 3. The Balaban J connectivity index is 2.36. The summed E-state index contributed by atoms with van der Waals surface area (Å²) in [7, 11) is 1.98. The van der Waals surface area contributed by atoms with Gasteiger partial charge in [0.25, 0.3) is 0 Å². The van der Waals surface area contributed by atoms with Gasteiger partial charge < -0.3 is 20.6 Å². The molecule has 0 aromatic carbocycles. The molecule has 0 atom stereocenters. The molecule has 0 radical (unpaired) electrons. The van der Waals surface area contributed by atoms with Gasteiger partial charge in [-0.3, -0.25) is 9.78 Å². The van der Waals surface area contributed by atoms with Crippen LogP contribution in [-0.4, -0.2) is 53.7 Å². The van der Waals surface area contributed by atoms with Crippen molar-refractivity contribution in [3.05, 3.63) is 24.0 Å². The molecule has 0 unspecified atom stereocenters. The summed E-state index contributed by atoms with van der Waals surface area (Å²) in [6.45, 7) is 4.31. The number of amides is 2. The lowest BCUT2D eigenvalue weighted by Gasteiger charge is -2.14. The summed E-state index contributed by atoms with van der Waals surface area (Å²) in [5.74, 6) is -0.934. The molecule has 0 aliphatic rings. The van der Waals surface area contributed by atoms with Gasteiger partial charge in [0.15, 0.2) is 0 Å². The normalized spacial score (nSPS) is 10.3. The summed E-state index contributed by atoms with van der Waals surface area (Å²) in [6, 6.07) is 2.90. The van der Waals surface area contributed by atoms with Crippen LogP contribution in [0.25, 0.3) is 0 Å². The summed E-state index contributed by atoms with van der Waals surface area (Å²) in [4.78, 5) is 28.1. The van der Waals surface area contributed by atoms with E-state index in [2.05, 4.69) is 20.5 Å². The minimum atomic E-state index is -0.934. The molecule has 0 spiro atoms. The van der Waals surface area contributed by atoms with Crippen LogP contribution < -0.4 is 10.6 Å². The van der Waals surface area contributed by atoms with Crippen LogP contribution in [0.1, 0.15) is 12.6 Å². The fourth-order valence-electron chi connectivity index (χ4n) is 1.45. The number of carboxylic acids is 1. The lowest BCUT2D eigenvalue weighted by atomic mass is 10.2. The Bertz CT molecular complexity index is 447. The van der Waals surface area contributed by atoms with Gasteiger partial charge in [-0.25, -0.2) is 4.79 Å². The number of rotatable bonds is 7. The highest BCUT2D eigenvalue weighted by Gasteiger charge is 2.04. The minimum absolute atomic E-state index is 0.129. The number of anilines is 1. The molecule has 1 rings (SSSR count). The van der Waals surface area contributed by atoms with Crippen molar-refractivity contribution in [3.8, 4) is 0 Å². The van der Waals surface area contributed by atoms with Gasteiger partial charge in [0, 0.05) is 13.1 Å². The lowest BCUT2D eigenvalue weighted by molar-refractivity contribution is -0.136. The molecular weight excluding hydrogens is 260 g/mol. The molecule has 7 nitrogen and oxygen atoms in total. The average molecular weight is 280 g/mol. The topological polar surface area (TPSA) is 94.6 Å². The number of carboxylic acid groups (broad SMARTS) is 1. The third-order valence-electron chi connectivity index (χ3n) is 2.73. The highest BCUT2D eigenvalue weighted by atomic mass is 16.4. The molecule has 0 fully saturated rings. The minimum Gasteiger partial charge on any atom is -0.481 e. The number of aromatic nitrogens is 1. The average Bonchev–Trinajstić information content (AvgIpc) is 2.40. The summed E-state index contributed by atoms with van der Waals surface area (Å²) in [5, 5.41) is 14.0. The Hall–Kier alpha value is -2.15. The van der Waals surface area contributed by atoms with E-state index in [4.69, 9.17) is 5.11 Å². The quantitative estimate of drug-likeness (QED) is 0.686. The van der Waals surface area contributed by atoms with Crippen LogP contribution in [0, 0.1) is 0 Å². The number of carbonyl (C=O) groups is 2. The zero-order valence-electron chi connectivity index (χ0n) is 11.7. The van der Waals surface area contributed by atoms with E-state index in [0.29, 0.717) is 17.9 Å². The standard InChI is InChI=1S/C13H20N4O3/c1-3-17(2)7-6-14-13(20)16-11-5-4-10(15-9-11)8-12(18)19/h4-5,9H,3,6-8H2,1-2H3,(H,18,19)(H2,14,16,20). The predicted molar refractivity (Wildman–Crippen MR) is 75.8 cm³/mol. The first-order chi connectivity index (χ1) is 9.51. The lowest BCUT2D eigenvalue weighted by Crippen LogP contribution is -2.35. The van der Waals surface area contributed by atoms with Gasteiger partial charge in [-0.2, -0.15) is 0 Å². The summed E-state index contributed by atoms with van der Waals surface area (Å²) in [6.07, 6.45) is 1.31. The highest BCUT2D eigenvalue weighted by Crippen LogP contribution is 2.06. The van der Waals surface area contributed by atoms with Crippen LogP contribution in [0.3, 0.4) is 0 Å². The maximum atomic E-state index is 11.6. The Morgan fingerprint density at radius 3 is 2.70 bits per heavy atom. The molecule has 1 aromatic heterocycles. The number of nitrogens with one attached hydrogen (secondary N) is 2. The van der Waals surface area contributed by atoms with E-state index < -0.39 is 5.97 Å². The van der Waals surface area contributed by atoms with Crippen LogP contribution in [-0.2, 0) is 11.2 Å². The Morgan fingerprint density at radius 1 is 1.40 bits per heavy atom. The molecule has 110 valence electrons. The predicted octanol–water partition coefficient (Wildman–Crippen LogP) is 0.782. The molecule has 1 aromatic rings. The van der Waals surface area contributed by atoms with E-state index in [-0.39, 0.29) is 12.5 Å². The molecule has 20 heavy (non-hydrogen) atoms. The monoisotopic (exact) mass is 280 g/mol. The van der Waals surface area contributed by atoms with Crippen molar-refractivity contribution >= 4 is 17.7 Å². The van der Waals surface area contributed by atoms with Crippen LogP contribution in [0.2, 0.25) is 0 Å². The zero-order chi connectivity index (χ0) is 15.0. The molecule has 7 heteroatoms. The van der Waals surface area contributed by atoms with E-state index in [0.717, 1.165) is 13.1 Å². The van der Waals surface area contributed by atoms with E-state index in [9.17, 15) is 9.59 Å². The molecule has 1 heterocycles. The second-order valence-electron chi connectivity index (χ2n) is 4.39. The van der Waals surface area contributed by atoms with Crippen molar-refractivity contribution in [1.82, 2.24) is 15.2 Å². The fourth-order valence-corrected chi connectivity index (χ4v) is 1.45. The van der Waals surface area contributed by atoms with Gasteiger partial charge in [-0.15, -0.1) is 0 Å². The Labute approximate surface area is 118 Å². The number of urea groups is 1. The van der Waals surface area contributed by atoms with E-state index in [1.807, 2.05) is 14.0 Å². The van der Waals surface area contributed by atoms with E-state index in [1.165, 1.54) is 6.20 Å². The molecule has 2 amide bonds. The molecule has 0 saturated heterocycles. The number of pyridine rings is 1. The second kappa shape index (κ2) is 8.11. The number of carbonyl (C=O) groups excluding carboxylic acids is 1. The smallest absolute Gasteiger partial charge is 0.319 e. The number of aliphatic carboxylic acids is 1. The van der Waals surface area contributed by atoms with Crippen molar-refractivity contribution in [2.45, 2.75) is 13.3 Å². The van der Waals surface area contributed by atoms with E-state index in [1.54, 1.807) is 12.1 Å². The number of likely N-dealkylation sites (N-methyl/N-ethyl adjacent to an activating group) is 1. The third-order valence-corrected chi connectivity index (χ3v) is 2.73. The third kappa shape index (κ3) is 6.14. The maximum absolute atomic E-state index is 11.6. The van der Waals surface area contributed by atoms with E-state index >= 15 is 0 Å². The maximum Gasteiger partial charge on any atom is 0.319 e. The van der Waals surface area contributed by atoms with Crippen molar-refractivity contribution in [1.29, 1.82) is 0 Å². The van der Waals surface area contributed by atoms with Crippen molar-refractivity contribution in [2.24, 2.45) is 0 Å². The highest BCUT2D eigenvalue weighted by molar-refractivity contribution is 5.89. The second-order valence-corrected chi connectivity index (χ2v) is 4.39. The summed E-state index contributed by atoms with van der Waals surface area (Å²) < 4.78 is 0. The first-order valence-corrected chi connectivity index (χ1v) is 6.41. The SMILES string of the molecule is CCN(C)CCNC(=O)Nc1ccc(CC(=O)O)nc1. The molecule has 3 N–H and O–H groups in total. The Morgan fingerprint density at radius 2 is 2.15 bits per heavy atom. The van der Waals surface area contributed by atoms with Crippen molar-refractivity contribution < 1.29 is 14.7 Å². The summed E-state index contributed by atoms with van der Waals surface area (Å²) >= 11 is 0. The Kier molecular flexibility index (Phi) is 6.45. The van der Waals surface area contributed by atoms with Gasteiger partial charge in [-0.05, 0) is 25.7 Å². The molecule has 0 aliphatic carbocycles. The van der Waals surface area contributed by atoms with Gasteiger partial charge in [0.05, 0.1) is 24.0 Å². The van der Waals surface area contributed by atoms with Gasteiger partial charge in [0.2, 0.25) is 0 Å². The molecule has 0 saturated carbocycles. The number of hydrogen-bond acceptors (Lipinski definition) is 4. The van der Waals surface area contributed by atoms with Crippen LogP contribution in [0.15, 0.2) is 18.3 Å². The zero-order valence-corrected chi connectivity index (χ0v) is 11.7. The van der Waals surface area contributed by atoms with Crippen LogP contribution in [0.5, 0.6) is 0 Å². The van der Waals surface area contributed by atoms with Gasteiger partial charge in [-0.1, -0.05) is 6.92 Å². The summed E-state index contributed by atoms with van der Waals surface area (Å²) in [5.41, 5.74) is 0.980. The molecular formula is C13H20N4O3. The first kappa shape index (κ1) is 15.9.